The Hall–Kier alpha value is -2.04. The summed E-state index contributed by atoms with van der Waals surface area (Å²) < 4.78 is 32.2. The lowest BCUT2D eigenvalue weighted by Crippen LogP contribution is -2.12. The lowest BCUT2D eigenvalue weighted by atomic mass is 10.2. The zero-order valence-corrected chi connectivity index (χ0v) is 12.5. The SMILES string of the molecule is COc1ccc(C)cc1NS(=O)(=O)c1ccc(C#N)s1. The molecule has 5 nitrogen and oxygen atoms in total. The highest BCUT2D eigenvalue weighted by Crippen LogP contribution is 2.29. The Morgan fingerprint density at radius 3 is 2.65 bits per heavy atom. The summed E-state index contributed by atoms with van der Waals surface area (Å²) in [4.78, 5) is 0.349. The highest BCUT2D eigenvalue weighted by molar-refractivity contribution is 7.94. The van der Waals surface area contributed by atoms with Crippen LogP contribution in [0.3, 0.4) is 0 Å². The first-order valence-corrected chi connectivity index (χ1v) is 7.93. The molecule has 0 saturated carbocycles. The Labute approximate surface area is 121 Å². The first-order chi connectivity index (χ1) is 9.46. The predicted octanol–water partition coefficient (Wildman–Crippen LogP) is 2.74. The van der Waals surface area contributed by atoms with Crippen molar-refractivity contribution in [3.8, 4) is 11.8 Å². The number of nitrogens with one attached hydrogen (secondary N) is 1. The minimum Gasteiger partial charge on any atom is -0.495 e. The van der Waals surface area contributed by atoms with Gasteiger partial charge in [-0.1, -0.05) is 6.07 Å². The van der Waals surface area contributed by atoms with E-state index in [0.29, 0.717) is 16.3 Å². The molecule has 0 aliphatic heterocycles. The van der Waals surface area contributed by atoms with E-state index in [1.807, 2.05) is 19.1 Å². The fourth-order valence-corrected chi connectivity index (χ4v) is 3.79. The Balaban J connectivity index is 2.38. The Bertz CT molecular complexity index is 773. The molecule has 20 heavy (non-hydrogen) atoms. The number of hydrogen-bond donors (Lipinski definition) is 1. The van der Waals surface area contributed by atoms with Crippen molar-refractivity contribution in [3.63, 3.8) is 0 Å². The maximum absolute atomic E-state index is 12.2. The van der Waals surface area contributed by atoms with Crippen LogP contribution in [0.2, 0.25) is 0 Å². The standard InChI is InChI=1S/C13H12N2O3S2/c1-9-3-5-12(18-2)11(7-9)15-20(16,17)13-6-4-10(8-14)19-13/h3-7,15H,1-2H3. The molecule has 1 aromatic heterocycles. The van der Waals surface area contributed by atoms with Gasteiger partial charge in [0.2, 0.25) is 0 Å². The molecule has 0 aliphatic carbocycles. The van der Waals surface area contributed by atoms with E-state index in [9.17, 15) is 8.42 Å². The molecule has 2 rings (SSSR count). The molecule has 2 aromatic rings. The van der Waals surface area contributed by atoms with Gasteiger partial charge in [-0.3, -0.25) is 4.72 Å². The smallest absolute Gasteiger partial charge is 0.271 e. The van der Waals surface area contributed by atoms with Crippen LogP contribution in [-0.2, 0) is 10.0 Å². The molecule has 1 N–H and O–H groups in total. The van der Waals surface area contributed by atoms with Gasteiger partial charge in [-0.15, -0.1) is 11.3 Å². The van der Waals surface area contributed by atoms with Gasteiger partial charge in [-0.05, 0) is 36.8 Å². The number of nitrogens with zero attached hydrogens (tertiary/aromatic N) is 1. The number of hydrogen-bond acceptors (Lipinski definition) is 5. The van der Waals surface area contributed by atoms with Crippen molar-refractivity contribution in [1.29, 1.82) is 5.26 Å². The summed E-state index contributed by atoms with van der Waals surface area (Å²) in [7, 11) is -2.24. The van der Waals surface area contributed by atoms with Crippen LogP contribution in [-0.4, -0.2) is 15.5 Å². The highest BCUT2D eigenvalue weighted by Gasteiger charge is 2.19. The van der Waals surface area contributed by atoms with Crippen LogP contribution < -0.4 is 9.46 Å². The third-order valence-electron chi connectivity index (χ3n) is 2.56. The van der Waals surface area contributed by atoms with E-state index in [4.69, 9.17) is 10.00 Å². The molecular formula is C13H12N2O3S2. The van der Waals surface area contributed by atoms with Gasteiger partial charge in [-0.2, -0.15) is 5.26 Å². The Morgan fingerprint density at radius 1 is 1.30 bits per heavy atom. The predicted molar refractivity (Wildman–Crippen MR) is 77.6 cm³/mol. The number of aryl methyl sites for hydroxylation is 1. The van der Waals surface area contributed by atoms with E-state index in [1.54, 1.807) is 12.1 Å². The van der Waals surface area contributed by atoms with Crippen molar-refractivity contribution in [2.45, 2.75) is 11.1 Å². The van der Waals surface area contributed by atoms with Gasteiger partial charge in [0.1, 0.15) is 20.9 Å². The van der Waals surface area contributed by atoms with Gasteiger partial charge in [-0.25, -0.2) is 8.42 Å². The summed E-state index contributed by atoms with van der Waals surface area (Å²) in [6.07, 6.45) is 0. The molecule has 0 atom stereocenters. The largest absolute Gasteiger partial charge is 0.495 e. The van der Waals surface area contributed by atoms with E-state index in [2.05, 4.69) is 4.72 Å². The number of benzene rings is 1. The first-order valence-electron chi connectivity index (χ1n) is 5.63. The Morgan fingerprint density at radius 2 is 2.05 bits per heavy atom. The van der Waals surface area contributed by atoms with Crippen LogP contribution in [0.15, 0.2) is 34.5 Å². The molecule has 0 bridgehead atoms. The van der Waals surface area contributed by atoms with Gasteiger partial charge >= 0.3 is 0 Å². The second-order valence-corrected chi connectivity index (χ2v) is 7.03. The van der Waals surface area contributed by atoms with E-state index >= 15 is 0 Å². The maximum Gasteiger partial charge on any atom is 0.271 e. The number of sulfonamides is 1. The zero-order valence-electron chi connectivity index (χ0n) is 10.9. The van der Waals surface area contributed by atoms with Crippen LogP contribution in [0.25, 0.3) is 0 Å². The van der Waals surface area contributed by atoms with E-state index < -0.39 is 10.0 Å². The van der Waals surface area contributed by atoms with Crippen molar-refractivity contribution >= 4 is 27.0 Å². The van der Waals surface area contributed by atoms with Crippen LogP contribution in [0, 0.1) is 18.3 Å². The molecular weight excluding hydrogens is 296 g/mol. The van der Waals surface area contributed by atoms with Crippen LogP contribution in [0.4, 0.5) is 5.69 Å². The zero-order chi connectivity index (χ0) is 14.8. The summed E-state index contributed by atoms with van der Waals surface area (Å²) >= 11 is 0.924. The monoisotopic (exact) mass is 308 g/mol. The number of rotatable bonds is 4. The fraction of sp³-hybridized carbons (Fsp3) is 0.154. The number of methoxy groups -OCH3 is 1. The summed E-state index contributed by atoms with van der Waals surface area (Å²) in [5.41, 5.74) is 1.28. The van der Waals surface area contributed by atoms with E-state index in [1.165, 1.54) is 19.2 Å². The van der Waals surface area contributed by atoms with Crippen LogP contribution in [0.1, 0.15) is 10.4 Å². The quantitative estimate of drug-likeness (QED) is 0.942. The number of nitriles is 1. The molecule has 0 saturated heterocycles. The van der Waals surface area contributed by atoms with Gasteiger partial charge in [0.15, 0.2) is 0 Å². The van der Waals surface area contributed by atoms with Gasteiger partial charge in [0, 0.05) is 0 Å². The molecule has 0 amide bonds. The van der Waals surface area contributed by atoms with Crippen molar-refractivity contribution in [2.75, 3.05) is 11.8 Å². The number of ether oxygens (including phenoxy) is 1. The number of thiophene rings is 1. The molecule has 0 spiro atoms. The normalized spacial score (nSPS) is 10.8. The number of anilines is 1. The molecule has 0 unspecified atom stereocenters. The van der Waals surface area contributed by atoms with E-state index in [0.717, 1.165) is 16.9 Å². The van der Waals surface area contributed by atoms with Crippen molar-refractivity contribution in [3.05, 3.63) is 40.8 Å². The molecule has 1 heterocycles. The summed E-state index contributed by atoms with van der Waals surface area (Å²) in [6.45, 7) is 1.86. The topological polar surface area (TPSA) is 79.2 Å². The third-order valence-corrected chi connectivity index (χ3v) is 5.40. The third kappa shape index (κ3) is 2.92. The minimum atomic E-state index is -3.71. The average molecular weight is 308 g/mol. The second kappa shape index (κ2) is 5.53. The summed E-state index contributed by atoms with van der Waals surface area (Å²) in [6, 6.07) is 10.0. The molecule has 104 valence electrons. The van der Waals surface area contributed by atoms with Crippen LogP contribution >= 0.6 is 11.3 Å². The summed E-state index contributed by atoms with van der Waals surface area (Å²) in [5.74, 6) is 0.441. The minimum absolute atomic E-state index is 0.0950. The van der Waals surface area contributed by atoms with Crippen molar-refractivity contribution in [2.24, 2.45) is 0 Å². The summed E-state index contributed by atoms with van der Waals surface area (Å²) in [5, 5.41) is 8.75. The first kappa shape index (κ1) is 14.4. The Kier molecular flexibility index (Phi) is 3.97. The maximum atomic E-state index is 12.2. The van der Waals surface area contributed by atoms with Crippen LogP contribution in [0.5, 0.6) is 5.75 Å². The lowest BCUT2D eigenvalue weighted by Gasteiger charge is -2.11. The molecule has 0 radical (unpaired) electrons. The average Bonchev–Trinajstić information content (AvgIpc) is 2.88. The van der Waals surface area contributed by atoms with E-state index in [-0.39, 0.29) is 4.21 Å². The fourth-order valence-electron chi connectivity index (χ4n) is 1.62. The van der Waals surface area contributed by atoms with Crippen molar-refractivity contribution < 1.29 is 13.2 Å². The van der Waals surface area contributed by atoms with Gasteiger partial charge < -0.3 is 4.74 Å². The highest BCUT2D eigenvalue weighted by atomic mass is 32.2. The van der Waals surface area contributed by atoms with Gasteiger partial charge in [0.05, 0.1) is 12.8 Å². The second-order valence-electron chi connectivity index (χ2n) is 4.04. The molecule has 0 fully saturated rings. The molecule has 0 aliphatic rings. The molecule has 7 heteroatoms. The molecule has 1 aromatic carbocycles. The lowest BCUT2D eigenvalue weighted by molar-refractivity contribution is 0.417. The van der Waals surface area contributed by atoms with Crippen molar-refractivity contribution in [1.82, 2.24) is 0 Å². The van der Waals surface area contributed by atoms with Gasteiger partial charge in [0.25, 0.3) is 10.0 Å².